The molecule has 2 unspecified atom stereocenters. The Kier molecular flexibility index (Phi) is 4.99. The van der Waals surface area contributed by atoms with Gasteiger partial charge in [0, 0.05) is 25.2 Å². The maximum atomic E-state index is 6.08. The van der Waals surface area contributed by atoms with Crippen LogP contribution >= 0.6 is 0 Å². The smallest absolute Gasteiger partial charge is 0.0590 e. The number of nitrogens with two attached hydrogens (primary N) is 1. The van der Waals surface area contributed by atoms with Crippen LogP contribution in [-0.2, 0) is 4.74 Å². The molecule has 17 heavy (non-hydrogen) atoms. The Morgan fingerprint density at radius 3 is 2.53 bits per heavy atom. The van der Waals surface area contributed by atoms with E-state index in [-0.39, 0.29) is 5.54 Å². The summed E-state index contributed by atoms with van der Waals surface area (Å²) in [6, 6.07) is 0. The fourth-order valence-electron chi connectivity index (χ4n) is 2.83. The van der Waals surface area contributed by atoms with Gasteiger partial charge in [-0.3, -0.25) is 4.90 Å². The summed E-state index contributed by atoms with van der Waals surface area (Å²) in [7, 11) is 2.22. The summed E-state index contributed by atoms with van der Waals surface area (Å²) >= 11 is 0. The van der Waals surface area contributed by atoms with Crippen molar-refractivity contribution in [2.45, 2.75) is 58.6 Å². The second kappa shape index (κ2) is 5.68. The van der Waals surface area contributed by atoms with Crippen LogP contribution in [0.2, 0.25) is 0 Å². The molecule has 1 aliphatic rings. The van der Waals surface area contributed by atoms with Crippen LogP contribution < -0.4 is 5.73 Å². The summed E-state index contributed by atoms with van der Waals surface area (Å²) in [6.07, 6.45) is 3.61. The highest BCUT2D eigenvalue weighted by molar-refractivity contribution is 4.96. The van der Waals surface area contributed by atoms with Crippen LogP contribution in [0.3, 0.4) is 0 Å². The van der Waals surface area contributed by atoms with Gasteiger partial charge in [-0.2, -0.15) is 0 Å². The fraction of sp³-hybridized carbons (Fsp3) is 1.00. The monoisotopic (exact) mass is 242 g/mol. The van der Waals surface area contributed by atoms with E-state index in [0.29, 0.717) is 11.5 Å². The molecule has 1 rings (SSSR count). The summed E-state index contributed by atoms with van der Waals surface area (Å²) < 4.78 is 5.78. The van der Waals surface area contributed by atoms with Crippen LogP contribution in [-0.4, -0.2) is 43.3 Å². The Morgan fingerprint density at radius 1 is 1.41 bits per heavy atom. The van der Waals surface area contributed by atoms with E-state index in [2.05, 4.69) is 39.6 Å². The van der Waals surface area contributed by atoms with Gasteiger partial charge in [0.2, 0.25) is 0 Å². The summed E-state index contributed by atoms with van der Waals surface area (Å²) in [4.78, 5) is 2.47. The lowest BCUT2D eigenvalue weighted by Crippen LogP contribution is -2.58. The van der Waals surface area contributed by atoms with E-state index in [1.165, 1.54) is 0 Å². The van der Waals surface area contributed by atoms with E-state index in [1.54, 1.807) is 0 Å². The fourth-order valence-corrected chi connectivity index (χ4v) is 2.83. The quantitative estimate of drug-likeness (QED) is 0.822. The summed E-state index contributed by atoms with van der Waals surface area (Å²) in [5.74, 6) is 0. The molecule has 1 fully saturated rings. The average Bonchev–Trinajstić information content (AvgIpc) is 2.26. The molecule has 0 aliphatic carbocycles. The van der Waals surface area contributed by atoms with Gasteiger partial charge in [0.15, 0.2) is 0 Å². The van der Waals surface area contributed by atoms with Crippen molar-refractivity contribution < 1.29 is 4.74 Å². The zero-order valence-electron chi connectivity index (χ0n) is 12.3. The van der Waals surface area contributed by atoms with E-state index in [1.807, 2.05) is 0 Å². The third-order valence-electron chi connectivity index (χ3n) is 3.89. The molecule has 3 nitrogen and oxygen atoms in total. The topological polar surface area (TPSA) is 38.5 Å². The highest BCUT2D eigenvalue weighted by Gasteiger charge is 2.39. The molecule has 1 saturated heterocycles. The van der Waals surface area contributed by atoms with Gasteiger partial charge >= 0.3 is 0 Å². The lowest BCUT2D eigenvalue weighted by molar-refractivity contribution is -0.0711. The lowest BCUT2D eigenvalue weighted by Gasteiger charge is -2.48. The van der Waals surface area contributed by atoms with Crippen molar-refractivity contribution in [3.05, 3.63) is 0 Å². The second-order valence-electron chi connectivity index (χ2n) is 6.70. The van der Waals surface area contributed by atoms with Gasteiger partial charge in [-0.05, 0) is 31.7 Å². The van der Waals surface area contributed by atoms with E-state index < -0.39 is 0 Å². The highest BCUT2D eigenvalue weighted by Crippen LogP contribution is 2.32. The van der Waals surface area contributed by atoms with E-state index in [4.69, 9.17) is 10.5 Å². The zero-order chi connectivity index (χ0) is 13.1. The standard InChI is InChI=1S/C14H30N2O/c1-6-12-9-14(10-15,7-8-17-12)16(5)11-13(2,3)4/h12H,6-11,15H2,1-5H3. The molecule has 102 valence electrons. The van der Waals surface area contributed by atoms with Crippen molar-refractivity contribution in [3.8, 4) is 0 Å². The average molecular weight is 242 g/mol. The maximum absolute atomic E-state index is 6.08. The van der Waals surface area contributed by atoms with Gasteiger partial charge < -0.3 is 10.5 Å². The second-order valence-corrected chi connectivity index (χ2v) is 6.70. The largest absolute Gasteiger partial charge is 0.378 e. The highest BCUT2D eigenvalue weighted by atomic mass is 16.5. The molecule has 3 heteroatoms. The van der Waals surface area contributed by atoms with Crippen LogP contribution in [0.1, 0.15) is 47.0 Å². The molecule has 0 amide bonds. The molecular weight excluding hydrogens is 212 g/mol. The minimum atomic E-state index is 0.145. The minimum Gasteiger partial charge on any atom is -0.378 e. The number of ether oxygens (including phenoxy) is 1. The van der Waals surface area contributed by atoms with Gasteiger partial charge in [-0.25, -0.2) is 0 Å². The molecule has 1 heterocycles. The van der Waals surface area contributed by atoms with Crippen molar-refractivity contribution in [1.82, 2.24) is 4.90 Å². The lowest BCUT2D eigenvalue weighted by atomic mass is 9.82. The molecule has 2 atom stereocenters. The van der Waals surface area contributed by atoms with Gasteiger partial charge in [-0.15, -0.1) is 0 Å². The predicted molar refractivity (Wildman–Crippen MR) is 73.1 cm³/mol. The number of hydrogen-bond acceptors (Lipinski definition) is 3. The van der Waals surface area contributed by atoms with Gasteiger partial charge in [0.25, 0.3) is 0 Å². The molecule has 2 N–H and O–H groups in total. The number of rotatable bonds is 4. The summed E-state index contributed by atoms with van der Waals surface area (Å²) in [5, 5.41) is 0. The maximum Gasteiger partial charge on any atom is 0.0590 e. The Labute approximate surface area is 107 Å². The normalized spacial score (nSPS) is 30.9. The number of likely N-dealkylation sites (N-methyl/N-ethyl adjacent to an activating group) is 1. The Bertz CT molecular complexity index is 237. The van der Waals surface area contributed by atoms with Crippen LogP contribution in [0.4, 0.5) is 0 Å². The molecule has 0 saturated carbocycles. The van der Waals surface area contributed by atoms with Crippen LogP contribution in [0.15, 0.2) is 0 Å². The van der Waals surface area contributed by atoms with E-state index in [9.17, 15) is 0 Å². The van der Waals surface area contributed by atoms with E-state index in [0.717, 1.165) is 39.0 Å². The van der Waals surface area contributed by atoms with E-state index >= 15 is 0 Å². The van der Waals surface area contributed by atoms with Crippen LogP contribution in [0.5, 0.6) is 0 Å². The predicted octanol–water partition coefficient (Wildman–Crippen LogP) is 2.25. The minimum absolute atomic E-state index is 0.145. The molecule has 0 spiro atoms. The Morgan fingerprint density at radius 2 is 2.06 bits per heavy atom. The van der Waals surface area contributed by atoms with Crippen molar-refractivity contribution >= 4 is 0 Å². The first-order chi connectivity index (χ1) is 7.83. The molecule has 0 aromatic rings. The van der Waals surface area contributed by atoms with Crippen molar-refractivity contribution in [2.24, 2.45) is 11.1 Å². The van der Waals surface area contributed by atoms with Gasteiger partial charge in [0.1, 0.15) is 0 Å². The first-order valence-corrected chi connectivity index (χ1v) is 6.86. The van der Waals surface area contributed by atoms with Crippen molar-refractivity contribution in [1.29, 1.82) is 0 Å². The van der Waals surface area contributed by atoms with Gasteiger partial charge in [-0.1, -0.05) is 27.7 Å². The third kappa shape index (κ3) is 3.94. The number of nitrogens with zero attached hydrogens (tertiary/aromatic N) is 1. The van der Waals surface area contributed by atoms with Crippen molar-refractivity contribution in [3.63, 3.8) is 0 Å². The Balaban J connectivity index is 2.73. The van der Waals surface area contributed by atoms with Crippen molar-refractivity contribution in [2.75, 3.05) is 26.7 Å². The molecule has 1 aliphatic heterocycles. The zero-order valence-corrected chi connectivity index (χ0v) is 12.3. The summed E-state index contributed by atoms with van der Waals surface area (Å²) in [6.45, 7) is 11.7. The molecule has 0 bridgehead atoms. The van der Waals surface area contributed by atoms with Crippen LogP contribution in [0.25, 0.3) is 0 Å². The number of hydrogen-bond donors (Lipinski definition) is 1. The molecule has 0 aromatic heterocycles. The first kappa shape index (κ1) is 14.9. The summed E-state index contributed by atoms with van der Waals surface area (Å²) in [5.41, 5.74) is 6.54. The third-order valence-corrected chi connectivity index (χ3v) is 3.89. The Hall–Kier alpha value is -0.120. The molecule has 0 aromatic carbocycles. The first-order valence-electron chi connectivity index (χ1n) is 6.86. The SMILES string of the molecule is CCC1CC(CN)(N(C)CC(C)(C)C)CCO1. The van der Waals surface area contributed by atoms with Gasteiger partial charge in [0.05, 0.1) is 6.10 Å². The molecule has 0 radical (unpaired) electrons. The molecular formula is C14H30N2O. The van der Waals surface area contributed by atoms with Crippen LogP contribution in [0, 0.1) is 5.41 Å².